The number of carbonyl (C=O) groups excluding carboxylic acids is 1. The van der Waals surface area contributed by atoms with Gasteiger partial charge in [-0.15, -0.1) is 5.10 Å². The van der Waals surface area contributed by atoms with Crippen molar-refractivity contribution in [2.24, 2.45) is 5.92 Å². The lowest BCUT2D eigenvalue weighted by molar-refractivity contribution is 0.102. The standard InChI is InChI=1S/C23H19F2N5O2.2H2/c1-12(13-2-3-13)32-21-9-5-15(11-18(21)25)26-23(31)16-10-14(4-6-17(16)24)19-7-8-20-22(27-19)29-30-28-20;;/h4-13H,2-3H2,1H3,(H,26,31)(H,27,28,29,30);2*1H. The Morgan fingerprint density at radius 1 is 1.12 bits per heavy atom. The van der Waals surface area contributed by atoms with E-state index < -0.39 is 17.5 Å². The number of fused-ring (bicyclic) bond motifs is 1. The molecule has 4 aromatic rings. The fraction of sp³-hybridized carbons (Fsp3) is 0.217. The second kappa shape index (κ2) is 7.99. The van der Waals surface area contributed by atoms with Gasteiger partial charge in [0, 0.05) is 20.2 Å². The largest absolute Gasteiger partial charge is 0.487 e. The Balaban J connectivity index is 0.00000162. The lowest BCUT2D eigenvalue weighted by Gasteiger charge is -2.15. The van der Waals surface area contributed by atoms with Crippen LogP contribution < -0.4 is 10.1 Å². The molecular formula is C23H23F2N5O2. The first-order valence-corrected chi connectivity index (χ1v) is 10.2. The number of halogens is 2. The number of ether oxygens (including phenoxy) is 1. The number of hydrogen-bond acceptors (Lipinski definition) is 5. The van der Waals surface area contributed by atoms with E-state index in [0.29, 0.717) is 28.3 Å². The van der Waals surface area contributed by atoms with Gasteiger partial charge in [-0.1, -0.05) is 0 Å². The highest BCUT2D eigenvalue weighted by Gasteiger charge is 2.30. The van der Waals surface area contributed by atoms with Gasteiger partial charge in [-0.25, -0.2) is 13.8 Å². The van der Waals surface area contributed by atoms with Crippen LogP contribution >= 0.6 is 0 Å². The molecule has 0 saturated heterocycles. The molecule has 1 aliphatic rings. The molecule has 2 heterocycles. The van der Waals surface area contributed by atoms with E-state index in [-0.39, 0.29) is 26.0 Å². The second-order valence-corrected chi connectivity index (χ2v) is 7.82. The Morgan fingerprint density at radius 2 is 1.97 bits per heavy atom. The van der Waals surface area contributed by atoms with Crippen molar-refractivity contribution in [1.82, 2.24) is 20.4 Å². The number of aromatic amines is 1. The lowest BCUT2D eigenvalue weighted by atomic mass is 10.1. The summed E-state index contributed by atoms with van der Waals surface area (Å²) in [6.07, 6.45) is 2.11. The number of H-pyrrole nitrogens is 1. The number of anilines is 1. The highest BCUT2D eigenvalue weighted by atomic mass is 19.1. The van der Waals surface area contributed by atoms with Gasteiger partial charge in [0.05, 0.1) is 17.4 Å². The summed E-state index contributed by atoms with van der Waals surface area (Å²) < 4.78 is 34.5. The van der Waals surface area contributed by atoms with Gasteiger partial charge in [0.1, 0.15) is 11.3 Å². The van der Waals surface area contributed by atoms with Crippen molar-refractivity contribution < 1.29 is 21.2 Å². The molecule has 0 radical (unpaired) electrons. The van der Waals surface area contributed by atoms with E-state index >= 15 is 0 Å². The molecule has 2 aromatic heterocycles. The molecule has 0 spiro atoms. The summed E-state index contributed by atoms with van der Waals surface area (Å²) in [6, 6.07) is 11.7. The highest BCUT2D eigenvalue weighted by Crippen LogP contribution is 2.35. The summed E-state index contributed by atoms with van der Waals surface area (Å²) in [4.78, 5) is 17.1. The molecule has 9 heteroatoms. The van der Waals surface area contributed by atoms with Crippen LogP contribution in [-0.2, 0) is 0 Å². The maximum Gasteiger partial charge on any atom is 0.258 e. The summed E-state index contributed by atoms with van der Waals surface area (Å²) in [6.45, 7) is 1.91. The molecule has 1 atom stereocenters. The van der Waals surface area contributed by atoms with Crippen molar-refractivity contribution in [2.75, 3.05) is 5.32 Å². The van der Waals surface area contributed by atoms with Gasteiger partial charge < -0.3 is 10.1 Å². The zero-order valence-electron chi connectivity index (χ0n) is 17.1. The predicted molar refractivity (Wildman–Crippen MR) is 118 cm³/mol. The molecule has 0 bridgehead atoms. The Bertz CT molecular complexity index is 1330. The van der Waals surface area contributed by atoms with Crippen molar-refractivity contribution in [2.45, 2.75) is 25.9 Å². The monoisotopic (exact) mass is 439 g/mol. The summed E-state index contributed by atoms with van der Waals surface area (Å²) in [7, 11) is 0. The van der Waals surface area contributed by atoms with Crippen LogP contribution in [0.15, 0.2) is 48.5 Å². The molecule has 1 amide bonds. The van der Waals surface area contributed by atoms with Crippen molar-refractivity contribution in [1.29, 1.82) is 0 Å². The number of nitrogens with one attached hydrogen (secondary N) is 2. The number of hydrogen-bond donors (Lipinski definition) is 2. The first kappa shape index (κ1) is 20.0. The zero-order valence-corrected chi connectivity index (χ0v) is 17.1. The van der Waals surface area contributed by atoms with Gasteiger partial charge in [0.25, 0.3) is 5.91 Å². The minimum atomic E-state index is -0.703. The third kappa shape index (κ3) is 4.01. The molecule has 7 nitrogen and oxygen atoms in total. The van der Waals surface area contributed by atoms with Crippen molar-refractivity contribution in [3.05, 3.63) is 65.7 Å². The predicted octanol–water partition coefficient (Wildman–Crippen LogP) is 5.22. The first-order chi connectivity index (χ1) is 15.5. The Morgan fingerprint density at radius 3 is 2.75 bits per heavy atom. The number of benzene rings is 2. The van der Waals surface area contributed by atoms with Crippen LogP contribution in [0.2, 0.25) is 0 Å². The second-order valence-electron chi connectivity index (χ2n) is 7.82. The van der Waals surface area contributed by atoms with E-state index in [9.17, 15) is 13.6 Å². The molecule has 32 heavy (non-hydrogen) atoms. The fourth-order valence-corrected chi connectivity index (χ4v) is 3.49. The number of aromatic nitrogens is 4. The van der Waals surface area contributed by atoms with Gasteiger partial charge in [-0.05, 0) is 68.1 Å². The number of pyridine rings is 1. The van der Waals surface area contributed by atoms with Crippen LogP contribution in [0.3, 0.4) is 0 Å². The van der Waals surface area contributed by atoms with Gasteiger partial charge in [-0.2, -0.15) is 10.3 Å². The number of nitrogens with zero attached hydrogens (tertiary/aromatic N) is 3. The summed E-state index contributed by atoms with van der Waals surface area (Å²) in [5.41, 5.74) is 2.06. The number of carbonyl (C=O) groups is 1. The molecule has 2 aromatic carbocycles. The number of rotatable bonds is 6. The summed E-state index contributed by atoms with van der Waals surface area (Å²) in [5, 5.41) is 12.9. The van der Waals surface area contributed by atoms with Crippen LogP contribution in [0.5, 0.6) is 5.75 Å². The third-order valence-electron chi connectivity index (χ3n) is 5.48. The maximum atomic E-state index is 14.4. The average Bonchev–Trinajstić information content (AvgIpc) is 3.53. The van der Waals surface area contributed by atoms with Crippen LogP contribution in [-0.4, -0.2) is 32.4 Å². The minimum Gasteiger partial charge on any atom is -0.487 e. The fourth-order valence-electron chi connectivity index (χ4n) is 3.49. The molecule has 5 rings (SSSR count). The topological polar surface area (TPSA) is 92.8 Å². The van der Waals surface area contributed by atoms with E-state index in [1.54, 1.807) is 12.1 Å². The Hall–Kier alpha value is -3.88. The highest BCUT2D eigenvalue weighted by molar-refractivity contribution is 6.05. The van der Waals surface area contributed by atoms with Crippen LogP contribution in [0.25, 0.3) is 22.4 Å². The average molecular weight is 439 g/mol. The van der Waals surface area contributed by atoms with E-state index in [1.807, 2.05) is 6.92 Å². The molecule has 0 aliphatic heterocycles. The smallest absolute Gasteiger partial charge is 0.258 e. The molecule has 2 N–H and O–H groups in total. The number of amides is 1. The quantitative estimate of drug-likeness (QED) is 0.430. The zero-order chi connectivity index (χ0) is 22.2. The van der Waals surface area contributed by atoms with Crippen LogP contribution in [0.4, 0.5) is 14.5 Å². The normalized spacial score (nSPS) is 14.3. The van der Waals surface area contributed by atoms with Crippen LogP contribution in [0, 0.1) is 17.6 Å². The van der Waals surface area contributed by atoms with E-state index in [0.717, 1.165) is 18.9 Å². The van der Waals surface area contributed by atoms with E-state index in [4.69, 9.17) is 4.74 Å². The molecule has 1 saturated carbocycles. The molecular weight excluding hydrogens is 416 g/mol. The SMILES string of the molecule is CC(Oc1ccc(NC(=O)c2cc(-c3ccc4n[nH]nc4n3)ccc2F)cc1F)C1CC1.[HH].[HH]. The van der Waals surface area contributed by atoms with Gasteiger partial charge in [0.2, 0.25) is 5.65 Å². The van der Waals surface area contributed by atoms with E-state index in [1.165, 1.54) is 30.3 Å². The van der Waals surface area contributed by atoms with Crippen molar-refractivity contribution >= 4 is 22.8 Å². The van der Waals surface area contributed by atoms with E-state index in [2.05, 4.69) is 25.7 Å². The lowest BCUT2D eigenvalue weighted by Crippen LogP contribution is -2.16. The minimum absolute atomic E-state index is 0. The van der Waals surface area contributed by atoms with Crippen LogP contribution in [0.1, 0.15) is 33.0 Å². The van der Waals surface area contributed by atoms with Gasteiger partial charge >= 0.3 is 0 Å². The van der Waals surface area contributed by atoms with Gasteiger partial charge in [-0.3, -0.25) is 4.79 Å². The molecule has 166 valence electrons. The maximum absolute atomic E-state index is 14.4. The molecule has 1 unspecified atom stereocenters. The van der Waals surface area contributed by atoms with Crippen molar-refractivity contribution in [3.8, 4) is 17.0 Å². The molecule has 1 fully saturated rings. The summed E-state index contributed by atoms with van der Waals surface area (Å²) >= 11 is 0. The Labute approximate surface area is 184 Å². The first-order valence-electron chi connectivity index (χ1n) is 10.2. The van der Waals surface area contributed by atoms with Gasteiger partial charge in [0.15, 0.2) is 11.6 Å². The third-order valence-corrected chi connectivity index (χ3v) is 5.48. The molecule has 1 aliphatic carbocycles. The summed E-state index contributed by atoms with van der Waals surface area (Å²) in [5.74, 6) is -1.40. The van der Waals surface area contributed by atoms with Crippen molar-refractivity contribution in [3.63, 3.8) is 0 Å². The Kier molecular flexibility index (Phi) is 5.01.